The van der Waals surface area contributed by atoms with E-state index in [9.17, 15) is 4.39 Å². The zero-order chi connectivity index (χ0) is 28.6. The molecule has 0 saturated carbocycles. The fourth-order valence-corrected chi connectivity index (χ4v) is 4.66. The van der Waals surface area contributed by atoms with Gasteiger partial charge in [-0.2, -0.15) is 14.6 Å². The number of hydrazone groups is 1. The van der Waals surface area contributed by atoms with Crippen LogP contribution in [0.2, 0.25) is 0 Å². The molecule has 1 saturated heterocycles. The van der Waals surface area contributed by atoms with Gasteiger partial charge in [0.15, 0.2) is 17.4 Å². The second kappa shape index (κ2) is 13.5. The van der Waals surface area contributed by atoms with Gasteiger partial charge in [-0.25, -0.2) is 15.2 Å². The van der Waals surface area contributed by atoms with Crippen molar-refractivity contribution in [3.8, 4) is 16.9 Å². The predicted molar refractivity (Wildman–Crippen MR) is 153 cm³/mol. The fraction of sp³-hybridized carbons (Fsp3) is 0.464. The summed E-state index contributed by atoms with van der Waals surface area (Å²) >= 11 is 0. The lowest BCUT2D eigenvalue weighted by Crippen LogP contribution is -2.40. The minimum Gasteiger partial charge on any atom is -0.490 e. The second-order valence-corrected chi connectivity index (χ2v) is 10.5. The summed E-state index contributed by atoms with van der Waals surface area (Å²) < 4.78 is 37.4. The molecule has 1 aromatic carbocycles. The zero-order valence-corrected chi connectivity index (χ0v) is 23.2. The van der Waals surface area contributed by atoms with Gasteiger partial charge in [-0.05, 0) is 75.9 Å². The van der Waals surface area contributed by atoms with Crippen LogP contribution >= 0.6 is 0 Å². The Morgan fingerprint density at radius 3 is 2.60 bits per heavy atom. The Kier molecular flexibility index (Phi) is 9.88. The van der Waals surface area contributed by atoms with E-state index in [0.29, 0.717) is 11.5 Å². The van der Waals surface area contributed by atoms with Gasteiger partial charge in [0.05, 0.1) is 24.1 Å². The SMILES string of the molecule is CC(C)CCn1cc(-c2cnc(N)c(/C(=N/N)N(N)c3ccc(OCCCCN4CCCC4)c(F)c3F)c2)cn1. The smallest absolute Gasteiger partial charge is 0.202 e. The number of anilines is 2. The molecule has 1 aliphatic rings. The Balaban J connectivity index is 1.46. The molecule has 0 bridgehead atoms. The third-order valence-electron chi connectivity index (χ3n) is 7.02. The van der Waals surface area contributed by atoms with Gasteiger partial charge in [0.2, 0.25) is 5.82 Å². The molecule has 3 heterocycles. The maximum atomic E-state index is 15.1. The number of pyridine rings is 1. The molecule has 12 heteroatoms. The number of likely N-dealkylation sites (tertiary alicyclic amines) is 1. The van der Waals surface area contributed by atoms with Crippen molar-refractivity contribution in [2.24, 2.45) is 22.7 Å². The second-order valence-electron chi connectivity index (χ2n) is 10.5. The van der Waals surface area contributed by atoms with Gasteiger partial charge in [-0.1, -0.05) is 13.8 Å². The highest BCUT2D eigenvalue weighted by Crippen LogP contribution is 2.30. The molecule has 10 nitrogen and oxygen atoms in total. The maximum Gasteiger partial charge on any atom is 0.202 e. The number of nitrogen functional groups attached to an aromatic ring is 1. The molecular formula is C28H39F2N9O. The molecule has 0 spiro atoms. The third-order valence-corrected chi connectivity index (χ3v) is 7.02. The quantitative estimate of drug-likeness (QED) is 0.0999. The van der Waals surface area contributed by atoms with Crippen LogP contribution in [0.3, 0.4) is 0 Å². The van der Waals surface area contributed by atoms with E-state index in [1.807, 2.05) is 10.9 Å². The van der Waals surface area contributed by atoms with Crippen LogP contribution in [0.1, 0.15) is 51.5 Å². The largest absolute Gasteiger partial charge is 0.490 e. The Labute approximate surface area is 233 Å². The fourth-order valence-electron chi connectivity index (χ4n) is 4.66. The molecule has 1 fully saturated rings. The van der Waals surface area contributed by atoms with E-state index in [4.69, 9.17) is 22.2 Å². The number of benzene rings is 1. The van der Waals surface area contributed by atoms with Crippen molar-refractivity contribution in [2.45, 2.75) is 52.5 Å². The number of hydrogen-bond donors (Lipinski definition) is 3. The number of nitrogens with two attached hydrogens (primary N) is 3. The maximum absolute atomic E-state index is 15.1. The van der Waals surface area contributed by atoms with Crippen LogP contribution < -0.4 is 27.2 Å². The summed E-state index contributed by atoms with van der Waals surface area (Å²) in [4.78, 5) is 6.65. The molecule has 1 aliphatic heterocycles. The van der Waals surface area contributed by atoms with Crippen LogP contribution in [-0.4, -0.2) is 51.7 Å². The van der Waals surface area contributed by atoms with Crippen molar-refractivity contribution in [3.05, 3.63) is 54.0 Å². The Bertz CT molecular complexity index is 1300. The van der Waals surface area contributed by atoms with Crippen molar-refractivity contribution < 1.29 is 13.5 Å². The number of rotatable bonds is 12. The summed E-state index contributed by atoms with van der Waals surface area (Å²) in [6.45, 7) is 8.61. The molecule has 0 radical (unpaired) electrons. The van der Waals surface area contributed by atoms with Gasteiger partial charge < -0.3 is 21.2 Å². The summed E-state index contributed by atoms with van der Waals surface area (Å²) in [5.74, 6) is 9.88. The van der Waals surface area contributed by atoms with E-state index in [-0.39, 0.29) is 35.3 Å². The molecule has 216 valence electrons. The van der Waals surface area contributed by atoms with E-state index in [1.54, 1.807) is 18.5 Å². The molecule has 0 unspecified atom stereocenters. The number of amidine groups is 1. The average Bonchev–Trinajstić information content (AvgIpc) is 3.63. The minimum absolute atomic E-state index is 0.0744. The van der Waals surface area contributed by atoms with E-state index < -0.39 is 11.6 Å². The van der Waals surface area contributed by atoms with Crippen LogP contribution in [0.25, 0.3) is 11.1 Å². The summed E-state index contributed by atoms with van der Waals surface area (Å²) in [6, 6.07) is 4.34. The topological polar surface area (TPSA) is 137 Å². The van der Waals surface area contributed by atoms with E-state index in [2.05, 4.69) is 33.9 Å². The van der Waals surface area contributed by atoms with Gasteiger partial charge in [0.25, 0.3) is 0 Å². The van der Waals surface area contributed by atoms with Crippen LogP contribution in [0.4, 0.5) is 20.3 Å². The summed E-state index contributed by atoms with van der Waals surface area (Å²) in [7, 11) is 0. The van der Waals surface area contributed by atoms with Gasteiger partial charge in [0, 0.05) is 30.1 Å². The van der Waals surface area contributed by atoms with Gasteiger partial charge in [0.1, 0.15) is 5.82 Å². The first-order valence-electron chi connectivity index (χ1n) is 13.7. The normalized spacial score (nSPS) is 14.3. The van der Waals surface area contributed by atoms with Crippen LogP contribution in [0.15, 0.2) is 41.9 Å². The van der Waals surface area contributed by atoms with Gasteiger partial charge in [-0.15, -0.1) is 0 Å². The minimum atomic E-state index is -1.19. The van der Waals surface area contributed by atoms with Crippen molar-refractivity contribution in [1.82, 2.24) is 19.7 Å². The summed E-state index contributed by atoms with van der Waals surface area (Å²) in [5.41, 5.74) is 7.58. The van der Waals surface area contributed by atoms with Crippen molar-refractivity contribution in [1.29, 1.82) is 0 Å². The average molecular weight is 556 g/mol. The number of ether oxygens (including phenoxy) is 1. The highest BCUT2D eigenvalue weighted by Gasteiger charge is 2.24. The Morgan fingerprint density at radius 1 is 1.10 bits per heavy atom. The number of unbranched alkanes of at least 4 members (excludes halogenated alkanes) is 1. The highest BCUT2D eigenvalue weighted by atomic mass is 19.2. The number of halogens is 2. The van der Waals surface area contributed by atoms with Crippen molar-refractivity contribution in [2.75, 3.05) is 37.0 Å². The number of hydrogen-bond acceptors (Lipinski definition) is 8. The van der Waals surface area contributed by atoms with E-state index in [1.165, 1.54) is 25.0 Å². The first-order chi connectivity index (χ1) is 19.3. The summed E-state index contributed by atoms with van der Waals surface area (Å²) in [5, 5.41) is 8.99. The highest BCUT2D eigenvalue weighted by molar-refractivity contribution is 6.12. The zero-order valence-electron chi connectivity index (χ0n) is 23.2. The van der Waals surface area contributed by atoms with Gasteiger partial charge in [-0.3, -0.25) is 9.69 Å². The lowest BCUT2D eigenvalue weighted by molar-refractivity contribution is 0.268. The number of nitrogens with zero attached hydrogens (tertiary/aromatic N) is 6. The summed E-state index contributed by atoms with van der Waals surface area (Å²) in [6.07, 6.45) is 10.4. The molecule has 6 N–H and O–H groups in total. The Hall–Kier alpha value is -3.77. The molecule has 3 aromatic rings. The van der Waals surface area contributed by atoms with Crippen LogP contribution in [0.5, 0.6) is 5.75 Å². The molecule has 0 aliphatic carbocycles. The third kappa shape index (κ3) is 7.05. The molecule has 2 aromatic heterocycles. The van der Waals surface area contributed by atoms with Crippen molar-refractivity contribution in [3.63, 3.8) is 0 Å². The predicted octanol–water partition coefficient (Wildman–Crippen LogP) is 4.11. The lowest BCUT2D eigenvalue weighted by atomic mass is 10.1. The van der Waals surface area contributed by atoms with Crippen molar-refractivity contribution >= 4 is 17.3 Å². The first-order valence-corrected chi connectivity index (χ1v) is 13.7. The number of aryl methyl sites for hydroxylation is 1. The molecular weight excluding hydrogens is 516 g/mol. The molecule has 0 amide bonds. The molecule has 0 atom stereocenters. The molecule has 4 rings (SSSR count). The number of aromatic nitrogens is 3. The standard InChI is InChI=1S/C28H39F2N9O/c1-19(2)9-13-38-18-21(17-35-38)20-15-22(27(31)34-16-20)28(36-32)39(33)23-7-8-24(26(30)25(23)29)40-14-6-5-12-37-10-3-4-11-37/h7-8,15-19H,3-6,9-14,32-33H2,1-2H3,(H2,31,34)/b36-28-. The Morgan fingerprint density at radius 2 is 1.88 bits per heavy atom. The van der Waals surface area contributed by atoms with E-state index >= 15 is 4.39 Å². The lowest BCUT2D eigenvalue weighted by Gasteiger charge is -2.22. The van der Waals surface area contributed by atoms with Gasteiger partial charge >= 0.3 is 0 Å². The number of hydrazine groups is 1. The van der Waals surface area contributed by atoms with E-state index in [0.717, 1.165) is 56.0 Å². The monoisotopic (exact) mass is 555 g/mol. The van der Waals surface area contributed by atoms with Crippen LogP contribution in [0, 0.1) is 17.6 Å². The molecule has 40 heavy (non-hydrogen) atoms. The first kappa shape index (κ1) is 29.2. The van der Waals surface area contributed by atoms with Crippen LogP contribution in [-0.2, 0) is 6.54 Å².